The Hall–Kier alpha value is -0.790. The van der Waals surface area contributed by atoms with Crippen LogP contribution in [0.2, 0.25) is 0 Å². The van der Waals surface area contributed by atoms with Crippen molar-refractivity contribution in [3.63, 3.8) is 0 Å². The molecule has 0 heterocycles. The normalized spacial score (nSPS) is 38.5. The molecule has 0 aliphatic heterocycles. The summed E-state index contributed by atoms with van der Waals surface area (Å²) >= 11 is 0. The molecule has 0 aromatic rings. The first-order chi connectivity index (χ1) is 6.01. The van der Waals surface area contributed by atoms with Gasteiger partial charge in [-0.05, 0) is 36.5 Å². The van der Waals surface area contributed by atoms with Crippen LogP contribution in [-0.4, -0.2) is 11.1 Å². The molecule has 0 spiro atoms. The van der Waals surface area contributed by atoms with Crippen molar-refractivity contribution in [2.75, 3.05) is 0 Å². The molecule has 2 nitrogen and oxygen atoms in total. The SMILES string of the molecule is CC1(C)[C@H]2CC[C@@H]1/C(=C/C(=O)O)C2. The topological polar surface area (TPSA) is 37.3 Å². The Morgan fingerprint density at radius 2 is 2.23 bits per heavy atom. The predicted molar refractivity (Wildman–Crippen MR) is 50.3 cm³/mol. The molecule has 0 aromatic heterocycles. The molecule has 0 unspecified atom stereocenters. The van der Waals surface area contributed by atoms with E-state index in [0.29, 0.717) is 11.3 Å². The quantitative estimate of drug-likeness (QED) is 0.629. The standard InChI is InChI=1S/C11H16O2/c1-11(2)8-3-4-9(11)7(5-8)6-10(12)13/h6,8-9H,3-5H2,1-2H3,(H,12,13)/b7-6+/t8-,9+/m0/s1. The summed E-state index contributed by atoms with van der Waals surface area (Å²) in [5.74, 6) is 0.482. The molecule has 2 aliphatic carbocycles. The fourth-order valence-electron chi connectivity index (χ4n) is 3.17. The van der Waals surface area contributed by atoms with Crippen molar-refractivity contribution in [2.45, 2.75) is 33.1 Å². The average molecular weight is 180 g/mol. The number of carboxylic acid groups (broad SMARTS) is 1. The first-order valence-electron chi connectivity index (χ1n) is 4.95. The third-order valence-corrected chi connectivity index (χ3v) is 3.99. The lowest BCUT2D eigenvalue weighted by molar-refractivity contribution is -0.131. The average Bonchev–Trinajstić information content (AvgIpc) is 2.38. The molecule has 2 atom stereocenters. The number of hydrogen-bond donors (Lipinski definition) is 1. The van der Waals surface area contributed by atoms with Crippen LogP contribution in [0.15, 0.2) is 11.6 Å². The van der Waals surface area contributed by atoms with Crippen molar-refractivity contribution in [3.05, 3.63) is 11.6 Å². The lowest BCUT2D eigenvalue weighted by Gasteiger charge is -2.23. The van der Waals surface area contributed by atoms with Gasteiger partial charge in [-0.15, -0.1) is 0 Å². The maximum atomic E-state index is 10.6. The third kappa shape index (κ3) is 1.19. The summed E-state index contributed by atoms with van der Waals surface area (Å²) in [4.78, 5) is 10.6. The minimum absolute atomic E-state index is 0.348. The van der Waals surface area contributed by atoms with E-state index in [1.54, 1.807) is 0 Å². The van der Waals surface area contributed by atoms with Crippen LogP contribution in [0.5, 0.6) is 0 Å². The van der Waals surface area contributed by atoms with Gasteiger partial charge in [0.2, 0.25) is 0 Å². The minimum Gasteiger partial charge on any atom is -0.478 e. The number of rotatable bonds is 1. The Morgan fingerprint density at radius 3 is 2.62 bits per heavy atom. The molecular formula is C11H16O2. The van der Waals surface area contributed by atoms with E-state index in [0.717, 1.165) is 12.3 Å². The zero-order valence-corrected chi connectivity index (χ0v) is 8.21. The first kappa shape index (κ1) is 8.79. The highest BCUT2D eigenvalue weighted by atomic mass is 16.4. The maximum absolute atomic E-state index is 10.6. The summed E-state index contributed by atoms with van der Waals surface area (Å²) in [5.41, 5.74) is 1.52. The molecule has 0 amide bonds. The van der Waals surface area contributed by atoms with Gasteiger partial charge >= 0.3 is 5.97 Å². The number of aliphatic carboxylic acids is 1. The summed E-state index contributed by atoms with van der Waals surface area (Å²) in [6.07, 6.45) is 4.93. The molecule has 13 heavy (non-hydrogen) atoms. The van der Waals surface area contributed by atoms with Crippen molar-refractivity contribution >= 4 is 5.97 Å². The number of allylic oxidation sites excluding steroid dienone is 1. The van der Waals surface area contributed by atoms with Gasteiger partial charge in [-0.25, -0.2) is 4.79 Å². The third-order valence-electron chi connectivity index (χ3n) is 3.99. The smallest absolute Gasteiger partial charge is 0.328 e. The maximum Gasteiger partial charge on any atom is 0.328 e. The van der Waals surface area contributed by atoms with Gasteiger partial charge in [0.25, 0.3) is 0 Å². The molecule has 2 bridgehead atoms. The van der Waals surface area contributed by atoms with Gasteiger partial charge in [-0.3, -0.25) is 0 Å². The number of hydrogen-bond acceptors (Lipinski definition) is 1. The van der Waals surface area contributed by atoms with Crippen molar-refractivity contribution in [1.29, 1.82) is 0 Å². The van der Waals surface area contributed by atoms with Crippen LogP contribution in [0.3, 0.4) is 0 Å². The Morgan fingerprint density at radius 1 is 1.54 bits per heavy atom. The van der Waals surface area contributed by atoms with Crippen molar-refractivity contribution in [1.82, 2.24) is 0 Å². The van der Waals surface area contributed by atoms with Gasteiger partial charge in [-0.1, -0.05) is 19.4 Å². The number of carboxylic acids is 1. The van der Waals surface area contributed by atoms with Crippen LogP contribution in [-0.2, 0) is 4.79 Å². The molecule has 2 saturated carbocycles. The molecule has 0 aromatic carbocycles. The summed E-state index contributed by atoms with van der Waals surface area (Å²) in [6, 6.07) is 0. The second-order valence-electron chi connectivity index (χ2n) is 4.91. The van der Waals surface area contributed by atoms with Crippen LogP contribution in [0.25, 0.3) is 0 Å². The van der Waals surface area contributed by atoms with Crippen molar-refractivity contribution in [3.8, 4) is 0 Å². The largest absolute Gasteiger partial charge is 0.478 e. The highest BCUT2D eigenvalue weighted by Gasteiger charge is 2.50. The highest BCUT2D eigenvalue weighted by Crippen LogP contribution is 2.59. The van der Waals surface area contributed by atoms with E-state index in [1.807, 2.05) is 0 Å². The van der Waals surface area contributed by atoms with E-state index in [2.05, 4.69) is 13.8 Å². The zero-order valence-electron chi connectivity index (χ0n) is 8.21. The van der Waals surface area contributed by atoms with E-state index in [4.69, 9.17) is 5.11 Å². The second-order valence-corrected chi connectivity index (χ2v) is 4.91. The lowest BCUT2D eigenvalue weighted by atomic mass is 9.81. The monoisotopic (exact) mass is 180 g/mol. The lowest BCUT2D eigenvalue weighted by Crippen LogP contribution is -2.16. The van der Waals surface area contributed by atoms with Crippen LogP contribution < -0.4 is 0 Å². The second kappa shape index (κ2) is 2.60. The van der Waals surface area contributed by atoms with E-state index in [-0.39, 0.29) is 0 Å². The Bertz CT molecular complexity index is 276. The van der Waals surface area contributed by atoms with E-state index < -0.39 is 5.97 Å². The molecular weight excluding hydrogens is 164 g/mol. The molecule has 2 rings (SSSR count). The van der Waals surface area contributed by atoms with Crippen LogP contribution in [0, 0.1) is 17.3 Å². The van der Waals surface area contributed by atoms with Gasteiger partial charge in [0.15, 0.2) is 0 Å². The Balaban J connectivity index is 2.27. The van der Waals surface area contributed by atoms with E-state index in [1.165, 1.54) is 24.5 Å². The molecule has 2 heteroatoms. The van der Waals surface area contributed by atoms with Gasteiger partial charge in [0.1, 0.15) is 0 Å². The van der Waals surface area contributed by atoms with Crippen LogP contribution >= 0.6 is 0 Å². The van der Waals surface area contributed by atoms with Gasteiger partial charge in [0.05, 0.1) is 0 Å². The Kier molecular flexibility index (Phi) is 1.76. The van der Waals surface area contributed by atoms with Gasteiger partial charge in [-0.2, -0.15) is 0 Å². The Labute approximate surface area is 78.6 Å². The molecule has 2 aliphatic rings. The fourth-order valence-corrected chi connectivity index (χ4v) is 3.17. The molecule has 2 fully saturated rings. The molecule has 72 valence electrons. The summed E-state index contributed by atoms with van der Waals surface area (Å²) < 4.78 is 0. The summed E-state index contributed by atoms with van der Waals surface area (Å²) in [5, 5.41) is 8.70. The number of carbonyl (C=O) groups is 1. The van der Waals surface area contributed by atoms with Gasteiger partial charge in [0, 0.05) is 6.08 Å². The molecule has 0 radical (unpaired) electrons. The summed E-state index contributed by atoms with van der Waals surface area (Å²) in [6.45, 7) is 4.55. The van der Waals surface area contributed by atoms with Crippen LogP contribution in [0.4, 0.5) is 0 Å². The number of fused-ring (bicyclic) bond motifs is 2. The minimum atomic E-state index is -0.779. The predicted octanol–water partition coefficient (Wildman–Crippen LogP) is 2.45. The van der Waals surface area contributed by atoms with E-state index in [9.17, 15) is 4.79 Å². The zero-order chi connectivity index (χ0) is 9.64. The summed E-state index contributed by atoms with van der Waals surface area (Å²) in [7, 11) is 0. The molecule has 1 N–H and O–H groups in total. The van der Waals surface area contributed by atoms with Crippen molar-refractivity contribution < 1.29 is 9.90 Å². The highest BCUT2D eigenvalue weighted by molar-refractivity contribution is 5.81. The fraction of sp³-hybridized carbons (Fsp3) is 0.727. The molecule has 0 saturated heterocycles. The van der Waals surface area contributed by atoms with E-state index >= 15 is 0 Å². The van der Waals surface area contributed by atoms with Crippen LogP contribution in [0.1, 0.15) is 33.1 Å². The first-order valence-corrected chi connectivity index (χ1v) is 4.95. The van der Waals surface area contributed by atoms with Gasteiger partial charge < -0.3 is 5.11 Å². The van der Waals surface area contributed by atoms with Crippen molar-refractivity contribution in [2.24, 2.45) is 17.3 Å².